The Balaban J connectivity index is 1.70. The first-order valence-electron chi connectivity index (χ1n) is 7.06. The lowest BCUT2D eigenvalue weighted by atomic mass is 10.0. The van der Waals surface area contributed by atoms with Crippen molar-refractivity contribution in [3.63, 3.8) is 0 Å². The molecule has 1 aliphatic rings. The van der Waals surface area contributed by atoms with Crippen LogP contribution in [0.5, 0.6) is 5.88 Å². The van der Waals surface area contributed by atoms with Gasteiger partial charge in [-0.05, 0) is 30.2 Å². The maximum absolute atomic E-state index is 12.2. The first kappa shape index (κ1) is 14.7. The molecule has 0 radical (unpaired) electrons. The van der Waals surface area contributed by atoms with Crippen LogP contribution in [0.1, 0.15) is 18.0 Å². The summed E-state index contributed by atoms with van der Waals surface area (Å²) in [7, 11) is 1.53. The van der Waals surface area contributed by atoms with Gasteiger partial charge in [0, 0.05) is 16.8 Å². The highest BCUT2D eigenvalue weighted by atomic mass is 32.2. The molecule has 0 bridgehead atoms. The number of fused-ring (bicyclic) bond motifs is 1. The zero-order valence-corrected chi connectivity index (χ0v) is 13.0. The molecule has 0 saturated heterocycles. The first-order valence-corrected chi connectivity index (χ1v) is 8.04. The van der Waals surface area contributed by atoms with Crippen LogP contribution in [0.15, 0.2) is 47.5 Å². The van der Waals surface area contributed by atoms with Crippen LogP contribution in [-0.2, 0) is 0 Å². The number of carbonyl (C=O) groups excluding carboxylic acids is 1. The van der Waals surface area contributed by atoms with E-state index in [0.717, 1.165) is 12.2 Å². The third kappa shape index (κ3) is 3.17. The molecule has 1 aliphatic heterocycles. The lowest BCUT2D eigenvalue weighted by Gasteiger charge is -2.26. The van der Waals surface area contributed by atoms with Gasteiger partial charge in [0.1, 0.15) is 5.69 Å². The Kier molecular flexibility index (Phi) is 4.48. The van der Waals surface area contributed by atoms with Gasteiger partial charge < -0.3 is 15.4 Å². The number of thioether (sulfide) groups is 1. The Bertz CT molecular complexity index is 678. The molecule has 2 amide bonds. The van der Waals surface area contributed by atoms with Crippen LogP contribution in [0.3, 0.4) is 0 Å². The predicted molar refractivity (Wildman–Crippen MR) is 87.5 cm³/mol. The highest BCUT2D eigenvalue weighted by Crippen LogP contribution is 2.35. The van der Waals surface area contributed by atoms with Crippen molar-refractivity contribution in [1.82, 2.24) is 10.3 Å². The Morgan fingerprint density at radius 2 is 2.18 bits per heavy atom. The van der Waals surface area contributed by atoms with Crippen molar-refractivity contribution in [2.24, 2.45) is 0 Å². The van der Waals surface area contributed by atoms with Crippen molar-refractivity contribution in [1.29, 1.82) is 0 Å². The van der Waals surface area contributed by atoms with Gasteiger partial charge in [0.05, 0.1) is 13.2 Å². The van der Waals surface area contributed by atoms with Crippen molar-refractivity contribution in [3.05, 3.63) is 48.2 Å². The van der Waals surface area contributed by atoms with Crippen molar-refractivity contribution < 1.29 is 9.53 Å². The van der Waals surface area contributed by atoms with Gasteiger partial charge in [0.2, 0.25) is 5.88 Å². The molecule has 1 aromatic heterocycles. The fourth-order valence-electron chi connectivity index (χ4n) is 2.46. The Morgan fingerprint density at radius 3 is 3.05 bits per heavy atom. The number of nitrogens with zero attached hydrogens (tertiary/aromatic N) is 1. The van der Waals surface area contributed by atoms with Crippen molar-refractivity contribution in [2.75, 3.05) is 18.2 Å². The summed E-state index contributed by atoms with van der Waals surface area (Å²) >= 11 is 1.83. The summed E-state index contributed by atoms with van der Waals surface area (Å²) in [6.07, 6.45) is 2.54. The first-order chi connectivity index (χ1) is 10.8. The number of methoxy groups -OCH3 is 1. The third-order valence-corrected chi connectivity index (χ3v) is 4.60. The van der Waals surface area contributed by atoms with Crippen LogP contribution in [0, 0.1) is 0 Å². The quantitative estimate of drug-likeness (QED) is 0.910. The molecule has 0 saturated carbocycles. The number of ether oxygens (including phenoxy) is 1. The summed E-state index contributed by atoms with van der Waals surface area (Å²) in [5.74, 6) is 1.40. The van der Waals surface area contributed by atoms with E-state index in [0.29, 0.717) is 11.6 Å². The molecular weight excluding hydrogens is 298 g/mol. The summed E-state index contributed by atoms with van der Waals surface area (Å²) in [6, 6.07) is 11.5. The number of rotatable bonds is 3. The van der Waals surface area contributed by atoms with Gasteiger partial charge in [-0.2, -0.15) is 0 Å². The Morgan fingerprint density at radius 1 is 1.32 bits per heavy atom. The Hall–Kier alpha value is -2.21. The van der Waals surface area contributed by atoms with E-state index in [-0.39, 0.29) is 12.1 Å². The minimum atomic E-state index is -0.252. The standard InChI is InChI=1S/C16H17N3O2S/c1-21-15-13(6-4-9-17-15)19-16(20)18-12-8-10-22-14-7-3-2-5-11(12)14/h2-7,9,12H,8,10H2,1H3,(H2,18,19,20)/t12-/m1/s1. The average Bonchev–Trinajstić information content (AvgIpc) is 2.55. The molecule has 0 spiro atoms. The molecule has 3 rings (SSSR count). The second-order valence-electron chi connectivity index (χ2n) is 4.89. The van der Waals surface area contributed by atoms with Crippen LogP contribution in [0.4, 0.5) is 10.5 Å². The van der Waals surface area contributed by atoms with E-state index >= 15 is 0 Å². The van der Waals surface area contributed by atoms with E-state index < -0.39 is 0 Å². The smallest absolute Gasteiger partial charge is 0.319 e. The second kappa shape index (κ2) is 6.70. The second-order valence-corrected chi connectivity index (χ2v) is 6.02. The molecule has 114 valence electrons. The highest BCUT2D eigenvalue weighted by Gasteiger charge is 2.22. The molecule has 1 aromatic carbocycles. The van der Waals surface area contributed by atoms with Gasteiger partial charge in [-0.15, -0.1) is 11.8 Å². The van der Waals surface area contributed by atoms with E-state index in [1.54, 1.807) is 18.3 Å². The van der Waals surface area contributed by atoms with Gasteiger partial charge in [0.15, 0.2) is 0 Å². The number of pyridine rings is 1. The largest absolute Gasteiger partial charge is 0.480 e. The molecular formula is C16H17N3O2S. The zero-order chi connectivity index (χ0) is 15.4. The van der Waals surface area contributed by atoms with Crippen LogP contribution < -0.4 is 15.4 Å². The maximum Gasteiger partial charge on any atom is 0.319 e. The molecule has 2 aromatic rings. The summed E-state index contributed by atoms with van der Waals surface area (Å²) in [4.78, 5) is 17.5. The molecule has 0 unspecified atom stereocenters. The molecule has 1 atom stereocenters. The predicted octanol–water partition coefficient (Wildman–Crippen LogP) is 3.45. The molecule has 2 N–H and O–H groups in total. The maximum atomic E-state index is 12.2. The number of amides is 2. The van der Waals surface area contributed by atoms with Crippen molar-refractivity contribution in [3.8, 4) is 5.88 Å². The van der Waals surface area contributed by atoms with Crippen LogP contribution in [0.25, 0.3) is 0 Å². The van der Waals surface area contributed by atoms with E-state index in [1.807, 2.05) is 23.9 Å². The van der Waals surface area contributed by atoms with E-state index in [4.69, 9.17) is 4.74 Å². The molecule has 6 heteroatoms. The van der Waals surface area contributed by atoms with Crippen LogP contribution >= 0.6 is 11.8 Å². The fourth-order valence-corrected chi connectivity index (χ4v) is 3.58. The minimum Gasteiger partial charge on any atom is -0.480 e. The lowest BCUT2D eigenvalue weighted by molar-refractivity contribution is 0.248. The average molecular weight is 315 g/mol. The number of anilines is 1. The number of carbonyl (C=O) groups is 1. The fraction of sp³-hybridized carbons (Fsp3) is 0.250. The molecule has 5 nitrogen and oxygen atoms in total. The molecule has 0 fully saturated rings. The van der Waals surface area contributed by atoms with Gasteiger partial charge in [-0.3, -0.25) is 0 Å². The lowest BCUT2D eigenvalue weighted by Crippen LogP contribution is -2.34. The van der Waals surface area contributed by atoms with Gasteiger partial charge in [0.25, 0.3) is 0 Å². The van der Waals surface area contributed by atoms with Gasteiger partial charge >= 0.3 is 6.03 Å². The Labute approximate surface area is 133 Å². The van der Waals surface area contributed by atoms with Crippen LogP contribution in [0.2, 0.25) is 0 Å². The van der Waals surface area contributed by atoms with Crippen molar-refractivity contribution >= 4 is 23.5 Å². The topological polar surface area (TPSA) is 63.2 Å². The monoisotopic (exact) mass is 315 g/mol. The summed E-state index contributed by atoms with van der Waals surface area (Å²) in [5, 5.41) is 5.82. The normalized spacial score (nSPS) is 16.5. The van der Waals surface area contributed by atoms with Crippen LogP contribution in [-0.4, -0.2) is 23.9 Å². The highest BCUT2D eigenvalue weighted by molar-refractivity contribution is 7.99. The number of benzene rings is 1. The van der Waals surface area contributed by atoms with E-state index in [9.17, 15) is 4.79 Å². The van der Waals surface area contributed by atoms with Gasteiger partial charge in [-0.25, -0.2) is 9.78 Å². The van der Waals surface area contributed by atoms with Gasteiger partial charge in [-0.1, -0.05) is 18.2 Å². The number of hydrogen-bond donors (Lipinski definition) is 2. The van der Waals surface area contributed by atoms with E-state index in [2.05, 4.69) is 27.8 Å². The summed E-state index contributed by atoms with van der Waals surface area (Å²) in [6.45, 7) is 0. The molecule has 22 heavy (non-hydrogen) atoms. The number of aromatic nitrogens is 1. The minimum absolute atomic E-state index is 0.0279. The number of urea groups is 1. The zero-order valence-electron chi connectivity index (χ0n) is 12.2. The summed E-state index contributed by atoms with van der Waals surface area (Å²) < 4.78 is 5.14. The third-order valence-electron chi connectivity index (χ3n) is 3.48. The summed E-state index contributed by atoms with van der Waals surface area (Å²) in [5.41, 5.74) is 1.73. The number of hydrogen-bond acceptors (Lipinski definition) is 4. The van der Waals surface area contributed by atoms with Crippen molar-refractivity contribution in [2.45, 2.75) is 17.4 Å². The number of nitrogens with one attached hydrogen (secondary N) is 2. The molecule has 2 heterocycles. The SMILES string of the molecule is COc1ncccc1NC(=O)N[C@@H]1CCSc2ccccc21. The van der Waals surface area contributed by atoms with E-state index in [1.165, 1.54) is 17.6 Å². The molecule has 0 aliphatic carbocycles.